The Kier molecular flexibility index (Phi) is 6.54. The van der Waals surface area contributed by atoms with E-state index in [-0.39, 0.29) is 40.2 Å². The fourth-order valence-electron chi connectivity index (χ4n) is 4.13. The van der Waals surface area contributed by atoms with Crippen molar-refractivity contribution in [2.24, 2.45) is 17.8 Å². The first-order chi connectivity index (χ1) is 15.8. The van der Waals surface area contributed by atoms with E-state index in [1.165, 1.54) is 41.3 Å². The molecule has 170 valence electrons. The predicted molar refractivity (Wildman–Crippen MR) is 124 cm³/mol. The normalized spacial score (nSPS) is 21.7. The Labute approximate surface area is 200 Å². The Morgan fingerprint density at radius 1 is 1.06 bits per heavy atom. The minimum absolute atomic E-state index is 0.00510. The number of carbonyl (C=O) groups excluding carboxylic acids is 4. The van der Waals surface area contributed by atoms with E-state index in [4.69, 9.17) is 27.9 Å². The number of esters is 1. The van der Waals surface area contributed by atoms with Crippen molar-refractivity contribution in [3.05, 3.63) is 70.2 Å². The molecule has 3 amide bonds. The van der Waals surface area contributed by atoms with Crippen molar-refractivity contribution < 1.29 is 23.9 Å². The number of hydrogen-bond acceptors (Lipinski definition) is 5. The molecule has 0 bridgehead atoms. The second kappa shape index (κ2) is 9.37. The number of ether oxygens (including phenoxy) is 1. The molecule has 4 rings (SSSR count). The molecule has 0 aromatic heterocycles. The Morgan fingerprint density at radius 2 is 1.79 bits per heavy atom. The summed E-state index contributed by atoms with van der Waals surface area (Å²) in [5, 5.41) is 3.19. The molecule has 1 heterocycles. The number of anilines is 2. The van der Waals surface area contributed by atoms with E-state index < -0.39 is 18.5 Å². The van der Waals surface area contributed by atoms with Crippen LogP contribution in [0.1, 0.15) is 23.7 Å². The van der Waals surface area contributed by atoms with Gasteiger partial charge in [-0.05, 0) is 54.8 Å². The van der Waals surface area contributed by atoms with Gasteiger partial charge in [0.2, 0.25) is 11.8 Å². The van der Waals surface area contributed by atoms with Gasteiger partial charge in [0.25, 0.3) is 5.91 Å². The molecule has 0 radical (unpaired) electrons. The number of halogens is 2. The molecule has 1 aliphatic heterocycles. The summed E-state index contributed by atoms with van der Waals surface area (Å²) in [5.41, 5.74) is 1.01. The Balaban J connectivity index is 1.36. The fraction of sp³-hybridized carbons (Fsp3) is 0.250. The van der Waals surface area contributed by atoms with E-state index in [0.29, 0.717) is 22.8 Å². The number of amides is 3. The van der Waals surface area contributed by atoms with Gasteiger partial charge in [-0.2, -0.15) is 0 Å². The van der Waals surface area contributed by atoms with Crippen molar-refractivity contribution >= 4 is 58.3 Å². The van der Waals surface area contributed by atoms with Gasteiger partial charge < -0.3 is 10.1 Å². The molecule has 0 unspecified atom stereocenters. The Bertz CT molecular complexity index is 1160. The highest BCUT2D eigenvalue weighted by Gasteiger charge is 2.50. The fourth-order valence-corrected chi connectivity index (χ4v) is 4.43. The average molecular weight is 487 g/mol. The van der Waals surface area contributed by atoms with E-state index in [0.717, 1.165) is 0 Å². The Morgan fingerprint density at radius 3 is 2.45 bits per heavy atom. The molecular weight excluding hydrogens is 467 g/mol. The van der Waals surface area contributed by atoms with Gasteiger partial charge >= 0.3 is 5.97 Å². The second-order valence-electron chi connectivity index (χ2n) is 7.97. The molecule has 0 spiro atoms. The van der Waals surface area contributed by atoms with E-state index >= 15 is 0 Å². The van der Waals surface area contributed by atoms with Crippen molar-refractivity contribution in [3.63, 3.8) is 0 Å². The van der Waals surface area contributed by atoms with Crippen molar-refractivity contribution in [1.29, 1.82) is 0 Å². The summed E-state index contributed by atoms with van der Waals surface area (Å²) in [6, 6.07) is 10.6. The quantitative estimate of drug-likeness (QED) is 0.381. The van der Waals surface area contributed by atoms with Crippen LogP contribution in [0.5, 0.6) is 0 Å². The first-order valence-electron chi connectivity index (χ1n) is 10.3. The number of benzene rings is 2. The van der Waals surface area contributed by atoms with E-state index in [1.807, 2.05) is 19.1 Å². The number of carbonyl (C=O) groups is 4. The van der Waals surface area contributed by atoms with Crippen LogP contribution in [-0.4, -0.2) is 30.3 Å². The van der Waals surface area contributed by atoms with Gasteiger partial charge in [0.1, 0.15) is 0 Å². The number of hydrogen-bond donors (Lipinski definition) is 1. The molecule has 2 aromatic rings. The topological polar surface area (TPSA) is 92.8 Å². The lowest BCUT2D eigenvalue weighted by molar-refractivity contribution is -0.123. The molecule has 1 aliphatic carbocycles. The van der Waals surface area contributed by atoms with E-state index in [1.54, 1.807) is 6.07 Å². The second-order valence-corrected chi connectivity index (χ2v) is 8.78. The smallest absolute Gasteiger partial charge is 0.338 e. The monoisotopic (exact) mass is 486 g/mol. The zero-order valence-corrected chi connectivity index (χ0v) is 19.1. The molecule has 33 heavy (non-hydrogen) atoms. The van der Waals surface area contributed by atoms with E-state index in [2.05, 4.69) is 5.32 Å². The lowest BCUT2D eigenvalue weighted by atomic mass is 9.78. The SMILES string of the molecule is C[C@@H]1C=CC[C@H]2C(=O)N(c3ccc(C(=O)OCC(=O)Nc4ccc(Cl)c(Cl)c4)cc3)C(=O)[C@H]12. The average Bonchev–Trinajstić information content (AvgIpc) is 3.06. The van der Waals surface area contributed by atoms with Gasteiger partial charge in [-0.25, -0.2) is 4.79 Å². The van der Waals surface area contributed by atoms with Gasteiger partial charge in [0, 0.05) is 5.69 Å². The molecule has 1 saturated heterocycles. The molecule has 1 fully saturated rings. The maximum Gasteiger partial charge on any atom is 0.338 e. The van der Waals surface area contributed by atoms with Gasteiger partial charge in [0.05, 0.1) is 33.1 Å². The summed E-state index contributed by atoms with van der Waals surface area (Å²) in [5.74, 6) is -2.42. The number of imide groups is 1. The molecule has 2 aliphatic rings. The summed E-state index contributed by atoms with van der Waals surface area (Å²) in [6.45, 7) is 1.43. The number of allylic oxidation sites excluding steroid dienone is 2. The molecule has 9 heteroatoms. The van der Waals surface area contributed by atoms with Crippen LogP contribution in [0, 0.1) is 17.8 Å². The van der Waals surface area contributed by atoms with Crippen molar-refractivity contribution in [2.45, 2.75) is 13.3 Å². The third-order valence-corrected chi connectivity index (χ3v) is 6.51. The van der Waals surface area contributed by atoms with Crippen molar-refractivity contribution in [2.75, 3.05) is 16.8 Å². The highest BCUT2D eigenvalue weighted by atomic mass is 35.5. The van der Waals surface area contributed by atoms with Crippen LogP contribution in [0.25, 0.3) is 0 Å². The highest BCUT2D eigenvalue weighted by molar-refractivity contribution is 6.42. The van der Waals surface area contributed by atoms with Crippen LogP contribution in [0.3, 0.4) is 0 Å². The molecule has 1 N–H and O–H groups in total. The summed E-state index contributed by atoms with van der Waals surface area (Å²) in [7, 11) is 0. The Hall–Kier alpha value is -3.16. The van der Waals surface area contributed by atoms with Crippen molar-refractivity contribution in [1.82, 2.24) is 0 Å². The summed E-state index contributed by atoms with van der Waals surface area (Å²) >= 11 is 11.7. The molecule has 2 aromatic carbocycles. The molecule has 0 saturated carbocycles. The minimum Gasteiger partial charge on any atom is -0.452 e. The first kappa shape index (κ1) is 23.0. The highest BCUT2D eigenvalue weighted by Crippen LogP contribution is 2.40. The molecule has 3 atom stereocenters. The maximum atomic E-state index is 12.9. The van der Waals surface area contributed by atoms with Crippen LogP contribution in [0.15, 0.2) is 54.6 Å². The van der Waals surface area contributed by atoms with Gasteiger partial charge in [-0.3, -0.25) is 19.3 Å². The van der Waals surface area contributed by atoms with Crippen molar-refractivity contribution in [3.8, 4) is 0 Å². The third kappa shape index (κ3) is 4.65. The number of rotatable bonds is 5. The zero-order valence-electron chi connectivity index (χ0n) is 17.6. The summed E-state index contributed by atoms with van der Waals surface area (Å²) in [4.78, 5) is 51.2. The van der Waals surface area contributed by atoms with Gasteiger partial charge in [-0.15, -0.1) is 0 Å². The van der Waals surface area contributed by atoms with Crippen LogP contribution < -0.4 is 10.2 Å². The predicted octanol–water partition coefficient (Wildman–Crippen LogP) is 4.49. The van der Waals surface area contributed by atoms with Crippen LogP contribution >= 0.6 is 23.2 Å². The minimum atomic E-state index is -0.712. The van der Waals surface area contributed by atoms with Gasteiger partial charge in [0.15, 0.2) is 6.61 Å². The van der Waals surface area contributed by atoms with Crippen LogP contribution in [0.4, 0.5) is 11.4 Å². The largest absolute Gasteiger partial charge is 0.452 e. The maximum absolute atomic E-state index is 12.9. The number of nitrogens with one attached hydrogen (secondary N) is 1. The van der Waals surface area contributed by atoms with Crippen LogP contribution in [0.2, 0.25) is 10.0 Å². The van der Waals surface area contributed by atoms with Gasteiger partial charge in [-0.1, -0.05) is 42.3 Å². The lowest BCUT2D eigenvalue weighted by Crippen LogP contribution is -2.31. The molecular formula is C24H20Cl2N2O5. The zero-order chi connectivity index (χ0) is 23.7. The van der Waals surface area contributed by atoms with Crippen LogP contribution in [-0.2, 0) is 19.1 Å². The summed E-state index contributed by atoms with van der Waals surface area (Å²) in [6.07, 6.45) is 4.45. The standard InChI is InChI=1S/C24H20Cl2N2O5/c1-13-3-2-4-17-21(13)23(31)28(22(17)30)16-8-5-14(6-9-16)24(32)33-12-20(29)27-15-7-10-18(25)19(26)11-15/h2-3,5-11,13,17,21H,4,12H2,1H3,(H,27,29)/t13-,17-,21-/m1/s1. The lowest BCUT2D eigenvalue weighted by Gasteiger charge is -2.22. The van der Waals surface area contributed by atoms with E-state index in [9.17, 15) is 19.2 Å². The third-order valence-electron chi connectivity index (χ3n) is 5.77. The first-order valence-corrected chi connectivity index (χ1v) is 11.1. The molecule has 7 nitrogen and oxygen atoms in total. The number of fused-ring (bicyclic) bond motifs is 1. The summed E-state index contributed by atoms with van der Waals surface area (Å²) < 4.78 is 5.05. The number of nitrogens with zero attached hydrogens (tertiary/aromatic N) is 1.